The van der Waals surface area contributed by atoms with E-state index in [1.165, 1.54) is 24.0 Å². The lowest BCUT2D eigenvalue weighted by molar-refractivity contribution is -0.918. The fraction of sp³-hybridized carbons (Fsp3) is 0.400. The highest BCUT2D eigenvalue weighted by atomic mass is 16.5. The highest BCUT2D eigenvalue weighted by Gasteiger charge is 2.28. The summed E-state index contributed by atoms with van der Waals surface area (Å²) in [4.78, 5) is 14.3. The maximum absolute atomic E-state index is 12.7. The quantitative estimate of drug-likeness (QED) is 0.603. The number of hydrogen-bond acceptors (Lipinski definition) is 3. The van der Waals surface area contributed by atoms with Crippen molar-refractivity contribution < 1.29 is 18.8 Å². The molecule has 1 amide bonds. The van der Waals surface area contributed by atoms with Gasteiger partial charge in [-0.15, -0.1) is 0 Å². The van der Waals surface area contributed by atoms with E-state index in [2.05, 4.69) is 42.6 Å². The van der Waals surface area contributed by atoms with Crippen LogP contribution in [0.25, 0.3) is 11.0 Å². The number of nitrogens with one attached hydrogen (secondary N) is 2. The summed E-state index contributed by atoms with van der Waals surface area (Å²) in [7, 11) is 1.68. The van der Waals surface area contributed by atoms with Crippen LogP contribution in [0.1, 0.15) is 42.5 Å². The van der Waals surface area contributed by atoms with Gasteiger partial charge < -0.3 is 19.4 Å². The Labute approximate surface area is 178 Å². The lowest BCUT2D eigenvalue weighted by Crippen LogP contribution is -3.11. The van der Waals surface area contributed by atoms with Gasteiger partial charge in [-0.05, 0) is 42.3 Å². The second kappa shape index (κ2) is 9.35. The summed E-state index contributed by atoms with van der Waals surface area (Å²) < 4.78 is 11.0. The lowest BCUT2D eigenvalue weighted by atomic mass is 10.0. The number of methoxy groups -OCH3 is 1. The predicted molar refractivity (Wildman–Crippen MR) is 118 cm³/mol. The first-order valence-corrected chi connectivity index (χ1v) is 10.9. The SMILES string of the molecule is CCc1ccc2c(CC(=O)NC[C@@H](c3ccc(OC)cc3)[NH+]3CCCC3)coc2c1. The van der Waals surface area contributed by atoms with E-state index in [1.807, 2.05) is 12.1 Å². The first kappa shape index (κ1) is 20.5. The van der Waals surface area contributed by atoms with Crippen LogP contribution >= 0.6 is 0 Å². The number of furan rings is 1. The Bertz CT molecular complexity index is 987. The van der Waals surface area contributed by atoms with Crippen LogP contribution in [-0.4, -0.2) is 32.7 Å². The van der Waals surface area contributed by atoms with Crippen LogP contribution in [0.2, 0.25) is 0 Å². The number of rotatable bonds is 8. The number of carbonyl (C=O) groups excluding carboxylic acids is 1. The molecule has 158 valence electrons. The van der Waals surface area contributed by atoms with Crippen molar-refractivity contribution in [3.8, 4) is 5.75 Å². The van der Waals surface area contributed by atoms with Crippen LogP contribution in [-0.2, 0) is 17.6 Å². The second-order valence-corrected chi connectivity index (χ2v) is 8.12. The van der Waals surface area contributed by atoms with Gasteiger partial charge in [0.1, 0.15) is 17.4 Å². The Morgan fingerprint density at radius 3 is 2.63 bits per heavy atom. The average molecular weight is 408 g/mol. The van der Waals surface area contributed by atoms with Crippen molar-refractivity contribution in [1.29, 1.82) is 0 Å². The number of quaternary nitrogens is 1. The monoisotopic (exact) mass is 407 g/mol. The first-order chi connectivity index (χ1) is 14.7. The van der Waals surface area contributed by atoms with Crippen molar-refractivity contribution in [2.24, 2.45) is 0 Å². The van der Waals surface area contributed by atoms with Crippen LogP contribution in [0.15, 0.2) is 53.1 Å². The van der Waals surface area contributed by atoms with Crippen LogP contribution < -0.4 is 15.0 Å². The molecule has 3 aromatic rings. The van der Waals surface area contributed by atoms with E-state index < -0.39 is 0 Å². The Morgan fingerprint density at radius 2 is 1.93 bits per heavy atom. The van der Waals surface area contributed by atoms with Gasteiger partial charge in [-0.25, -0.2) is 0 Å². The highest BCUT2D eigenvalue weighted by molar-refractivity contribution is 5.87. The average Bonchev–Trinajstić information content (AvgIpc) is 3.44. The Balaban J connectivity index is 1.43. The number of aryl methyl sites for hydroxylation is 1. The molecule has 5 nitrogen and oxygen atoms in total. The molecule has 1 aromatic heterocycles. The minimum Gasteiger partial charge on any atom is -0.497 e. The van der Waals surface area contributed by atoms with Crippen molar-refractivity contribution in [2.45, 2.75) is 38.6 Å². The Hall–Kier alpha value is -2.79. The van der Waals surface area contributed by atoms with Gasteiger partial charge >= 0.3 is 0 Å². The number of ether oxygens (including phenoxy) is 1. The molecule has 0 spiro atoms. The molecule has 5 heteroatoms. The fourth-order valence-electron chi connectivity index (χ4n) is 4.45. The molecule has 0 saturated carbocycles. The summed E-state index contributed by atoms with van der Waals surface area (Å²) in [6, 6.07) is 14.7. The maximum atomic E-state index is 12.7. The first-order valence-electron chi connectivity index (χ1n) is 10.9. The summed E-state index contributed by atoms with van der Waals surface area (Å²) >= 11 is 0. The molecule has 30 heavy (non-hydrogen) atoms. The predicted octanol–water partition coefficient (Wildman–Crippen LogP) is 3.08. The third kappa shape index (κ3) is 4.51. The van der Waals surface area contributed by atoms with Gasteiger partial charge in [0.05, 0.1) is 39.4 Å². The summed E-state index contributed by atoms with van der Waals surface area (Å²) in [5.41, 5.74) is 4.28. The molecule has 1 aliphatic rings. The molecule has 2 aromatic carbocycles. The van der Waals surface area contributed by atoms with E-state index in [-0.39, 0.29) is 11.9 Å². The molecule has 1 saturated heterocycles. The number of likely N-dealkylation sites (tertiary alicyclic amines) is 1. The maximum Gasteiger partial charge on any atom is 0.224 e. The minimum absolute atomic E-state index is 0.0365. The highest BCUT2D eigenvalue weighted by Crippen LogP contribution is 2.23. The minimum atomic E-state index is 0.0365. The molecule has 1 atom stereocenters. The Kier molecular flexibility index (Phi) is 6.38. The second-order valence-electron chi connectivity index (χ2n) is 8.12. The molecular weight excluding hydrogens is 376 g/mol. The summed E-state index contributed by atoms with van der Waals surface area (Å²) in [5.74, 6) is 0.894. The third-order valence-electron chi connectivity index (χ3n) is 6.24. The number of hydrogen-bond donors (Lipinski definition) is 2. The van der Waals surface area contributed by atoms with E-state index in [9.17, 15) is 4.79 Å². The molecule has 1 aliphatic heterocycles. The van der Waals surface area contributed by atoms with Gasteiger partial charge in [0, 0.05) is 29.4 Å². The molecule has 2 heterocycles. The molecule has 0 bridgehead atoms. The van der Waals surface area contributed by atoms with Crippen molar-refractivity contribution in [3.63, 3.8) is 0 Å². The van der Waals surface area contributed by atoms with Gasteiger partial charge in [-0.2, -0.15) is 0 Å². The molecule has 2 N–H and O–H groups in total. The van der Waals surface area contributed by atoms with Crippen LogP contribution in [0.4, 0.5) is 0 Å². The van der Waals surface area contributed by atoms with Crippen molar-refractivity contribution in [2.75, 3.05) is 26.7 Å². The summed E-state index contributed by atoms with van der Waals surface area (Å²) in [5, 5.41) is 4.21. The van der Waals surface area contributed by atoms with Crippen LogP contribution in [0, 0.1) is 0 Å². The number of benzene rings is 2. The van der Waals surface area contributed by atoms with Gasteiger partial charge in [-0.1, -0.05) is 19.1 Å². The van der Waals surface area contributed by atoms with E-state index in [0.717, 1.165) is 41.8 Å². The number of amides is 1. The zero-order valence-corrected chi connectivity index (χ0v) is 17.9. The van der Waals surface area contributed by atoms with Crippen LogP contribution in [0.5, 0.6) is 5.75 Å². The largest absolute Gasteiger partial charge is 0.497 e. The topological polar surface area (TPSA) is 55.9 Å². The number of fused-ring (bicyclic) bond motifs is 1. The van der Waals surface area contributed by atoms with Gasteiger partial charge in [0.2, 0.25) is 5.91 Å². The fourth-order valence-corrected chi connectivity index (χ4v) is 4.45. The van der Waals surface area contributed by atoms with Gasteiger partial charge in [0.25, 0.3) is 0 Å². The lowest BCUT2D eigenvalue weighted by Gasteiger charge is -2.25. The molecule has 1 fully saturated rings. The Morgan fingerprint density at radius 1 is 1.17 bits per heavy atom. The number of carbonyl (C=O) groups is 1. The summed E-state index contributed by atoms with van der Waals surface area (Å²) in [6.45, 7) is 5.06. The molecule has 0 aliphatic carbocycles. The van der Waals surface area contributed by atoms with Crippen molar-refractivity contribution in [3.05, 3.63) is 65.4 Å². The zero-order chi connectivity index (χ0) is 20.9. The van der Waals surface area contributed by atoms with Gasteiger partial charge in [0.15, 0.2) is 0 Å². The van der Waals surface area contributed by atoms with E-state index in [1.54, 1.807) is 18.3 Å². The third-order valence-corrected chi connectivity index (χ3v) is 6.24. The molecule has 0 radical (unpaired) electrons. The molecule has 4 rings (SSSR count). The van der Waals surface area contributed by atoms with E-state index >= 15 is 0 Å². The van der Waals surface area contributed by atoms with Gasteiger partial charge in [-0.3, -0.25) is 4.79 Å². The van der Waals surface area contributed by atoms with Crippen molar-refractivity contribution >= 4 is 16.9 Å². The zero-order valence-electron chi connectivity index (χ0n) is 17.9. The van der Waals surface area contributed by atoms with E-state index in [0.29, 0.717) is 13.0 Å². The van der Waals surface area contributed by atoms with Crippen molar-refractivity contribution in [1.82, 2.24) is 5.32 Å². The van der Waals surface area contributed by atoms with Crippen LogP contribution in [0.3, 0.4) is 0 Å². The molecule has 0 unspecified atom stereocenters. The standard InChI is InChI=1S/C25H30N2O3/c1-3-18-6-11-22-20(17-30-24(22)14-18)15-25(28)26-16-23(27-12-4-5-13-27)19-7-9-21(29-2)10-8-19/h6-11,14,17,23H,3-5,12-13,15-16H2,1-2H3,(H,26,28)/p+1/t23-/m0/s1. The smallest absolute Gasteiger partial charge is 0.224 e. The normalized spacial score (nSPS) is 15.4. The molecular formula is C25H31N2O3+. The summed E-state index contributed by atoms with van der Waals surface area (Å²) in [6.07, 6.45) is 5.52. The van der Waals surface area contributed by atoms with E-state index in [4.69, 9.17) is 9.15 Å².